The van der Waals surface area contributed by atoms with Crippen LogP contribution >= 0.6 is 34.4 Å². The Bertz CT molecular complexity index is 757. The number of rotatable bonds is 7. The first kappa shape index (κ1) is 16.3. The molecule has 1 N–H and O–H groups in total. The Hall–Kier alpha value is -1.18. The van der Waals surface area contributed by atoms with Gasteiger partial charge in [0, 0.05) is 28.5 Å². The molecule has 4 rings (SSSR count). The number of hydrogen-bond acceptors (Lipinski definition) is 6. The second kappa shape index (κ2) is 7.80. The third-order valence-corrected chi connectivity index (χ3v) is 6.95. The number of thioether (sulfide) groups is 1. The fourth-order valence-electron chi connectivity index (χ4n) is 3.12. The van der Waals surface area contributed by atoms with E-state index in [0.29, 0.717) is 0 Å². The molecule has 0 aliphatic heterocycles. The number of nitrogens with one attached hydrogen (secondary N) is 1. The quantitative estimate of drug-likeness (QED) is 0.561. The molecule has 3 heterocycles. The van der Waals surface area contributed by atoms with Gasteiger partial charge in [-0.25, -0.2) is 9.97 Å². The molecule has 0 bridgehead atoms. The van der Waals surface area contributed by atoms with Gasteiger partial charge in [-0.2, -0.15) is 11.3 Å². The Kier molecular flexibility index (Phi) is 5.30. The first-order chi connectivity index (χ1) is 11.9. The molecule has 1 aliphatic rings. The molecule has 0 unspecified atom stereocenters. The van der Waals surface area contributed by atoms with E-state index in [1.54, 1.807) is 34.4 Å². The summed E-state index contributed by atoms with van der Waals surface area (Å²) < 4.78 is 0. The van der Waals surface area contributed by atoms with Crippen molar-refractivity contribution >= 4 is 34.4 Å². The minimum absolute atomic E-state index is 0.820. The molecular formula is C17H20N4S3. The largest absolute Gasteiger partial charge is 0.262 e. The molecule has 24 heavy (non-hydrogen) atoms. The summed E-state index contributed by atoms with van der Waals surface area (Å²) in [7, 11) is 0. The summed E-state index contributed by atoms with van der Waals surface area (Å²) in [4.78, 5) is 9.32. The van der Waals surface area contributed by atoms with Crippen molar-refractivity contribution in [3.63, 3.8) is 0 Å². The monoisotopic (exact) mass is 376 g/mol. The number of H-pyrrole nitrogens is 1. The van der Waals surface area contributed by atoms with E-state index in [4.69, 9.17) is 4.98 Å². The first-order valence-corrected chi connectivity index (χ1v) is 11.2. The van der Waals surface area contributed by atoms with Crippen LogP contribution in [0.4, 0.5) is 0 Å². The molecule has 3 aromatic rings. The highest BCUT2D eigenvalue weighted by Crippen LogP contribution is 2.29. The van der Waals surface area contributed by atoms with Crippen molar-refractivity contribution in [2.75, 3.05) is 0 Å². The highest BCUT2D eigenvalue weighted by atomic mass is 32.2. The van der Waals surface area contributed by atoms with E-state index in [1.165, 1.54) is 37.7 Å². The van der Waals surface area contributed by atoms with E-state index in [2.05, 4.69) is 37.4 Å². The Morgan fingerprint density at radius 3 is 2.96 bits per heavy atom. The summed E-state index contributed by atoms with van der Waals surface area (Å²) in [6.07, 6.45) is 7.87. The van der Waals surface area contributed by atoms with Gasteiger partial charge in [0.15, 0.2) is 0 Å². The van der Waals surface area contributed by atoms with E-state index in [1.807, 2.05) is 0 Å². The van der Waals surface area contributed by atoms with Gasteiger partial charge in [-0.1, -0.05) is 37.4 Å². The molecule has 126 valence electrons. The maximum absolute atomic E-state index is 4.70. The van der Waals surface area contributed by atoms with Crippen LogP contribution < -0.4 is 0 Å². The second-order valence-corrected chi connectivity index (χ2v) is 8.78. The number of nitrogens with zero attached hydrogens (tertiary/aromatic N) is 3. The maximum atomic E-state index is 4.70. The predicted octanol–water partition coefficient (Wildman–Crippen LogP) is 5.40. The van der Waals surface area contributed by atoms with Gasteiger partial charge in [0.1, 0.15) is 10.8 Å². The van der Waals surface area contributed by atoms with Crippen LogP contribution in [0.2, 0.25) is 0 Å². The molecule has 1 aliphatic carbocycles. The fourth-order valence-corrected chi connectivity index (χ4v) is 5.47. The van der Waals surface area contributed by atoms with Crippen LogP contribution in [0.1, 0.15) is 43.6 Å². The number of thiophene rings is 1. The number of aromatic amines is 1. The van der Waals surface area contributed by atoms with Crippen molar-refractivity contribution in [1.29, 1.82) is 0 Å². The van der Waals surface area contributed by atoms with Gasteiger partial charge in [0.2, 0.25) is 5.16 Å². The third-order valence-electron chi connectivity index (χ3n) is 4.44. The molecular weight excluding hydrogens is 356 g/mol. The standard InChI is InChI=1S/C17H20N4S3/c1-2-4-12(3-1)5-6-15-19-17(21-20-15)24-11-14-10-23-16(18-14)13-7-8-22-9-13/h7-10,12H,1-6,11H2,(H,19,20,21). The van der Waals surface area contributed by atoms with Crippen LogP contribution in [-0.4, -0.2) is 20.2 Å². The minimum Gasteiger partial charge on any atom is -0.262 e. The molecule has 0 aromatic carbocycles. The fraction of sp³-hybridized carbons (Fsp3) is 0.471. The van der Waals surface area contributed by atoms with Crippen LogP contribution in [0, 0.1) is 5.92 Å². The Morgan fingerprint density at radius 1 is 1.21 bits per heavy atom. The van der Waals surface area contributed by atoms with Crippen LogP contribution in [0.5, 0.6) is 0 Å². The second-order valence-electron chi connectivity index (χ2n) is 6.20. The molecule has 0 saturated heterocycles. The first-order valence-electron chi connectivity index (χ1n) is 8.38. The SMILES string of the molecule is c1cc(-c2nc(CSc3n[nH]c(CCC4CCCC4)n3)cs2)cs1. The highest BCUT2D eigenvalue weighted by molar-refractivity contribution is 7.98. The molecule has 4 nitrogen and oxygen atoms in total. The molecule has 3 aromatic heterocycles. The average Bonchev–Trinajstić information content (AvgIpc) is 3.40. The van der Waals surface area contributed by atoms with Crippen LogP contribution in [0.25, 0.3) is 10.6 Å². The lowest BCUT2D eigenvalue weighted by Crippen LogP contribution is -1.97. The zero-order chi connectivity index (χ0) is 16.2. The van der Waals surface area contributed by atoms with Crippen LogP contribution in [-0.2, 0) is 12.2 Å². The average molecular weight is 377 g/mol. The smallest absolute Gasteiger partial charge is 0.208 e. The number of aromatic nitrogens is 4. The third kappa shape index (κ3) is 4.07. The molecule has 0 atom stereocenters. The summed E-state index contributed by atoms with van der Waals surface area (Å²) in [5.41, 5.74) is 2.32. The molecule has 0 spiro atoms. The minimum atomic E-state index is 0.820. The number of aryl methyl sites for hydroxylation is 1. The van der Waals surface area contributed by atoms with Gasteiger partial charge in [-0.05, 0) is 23.8 Å². The summed E-state index contributed by atoms with van der Waals surface area (Å²) in [5, 5.41) is 15.7. The van der Waals surface area contributed by atoms with E-state index >= 15 is 0 Å². The zero-order valence-corrected chi connectivity index (χ0v) is 15.9. The van der Waals surface area contributed by atoms with Crippen molar-refractivity contribution in [2.24, 2.45) is 5.92 Å². The van der Waals surface area contributed by atoms with Gasteiger partial charge in [0.05, 0.1) is 5.69 Å². The van der Waals surface area contributed by atoms with E-state index in [0.717, 1.165) is 39.8 Å². The van der Waals surface area contributed by atoms with Gasteiger partial charge in [-0.3, -0.25) is 5.10 Å². The summed E-state index contributed by atoms with van der Waals surface area (Å²) >= 11 is 5.07. The molecule has 7 heteroatoms. The molecule has 1 saturated carbocycles. The van der Waals surface area contributed by atoms with Gasteiger partial charge < -0.3 is 0 Å². The van der Waals surface area contributed by atoms with Gasteiger partial charge >= 0.3 is 0 Å². The van der Waals surface area contributed by atoms with E-state index < -0.39 is 0 Å². The van der Waals surface area contributed by atoms with Crippen molar-refractivity contribution in [3.05, 3.63) is 33.7 Å². The lowest BCUT2D eigenvalue weighted by Gasteiger charge is -2.05. The van der Waals surface area contributed by atoms with Crippen LogP contribution in [0.3, 0.4) is 0 Å². The Morgan fingerprint density at radius 2 is 2.12 bits per heavy atom. The highest BCUT2D eigenvalue weighted by Gasteiger charge is 2.15. The zero-order valence-electron chi connectivity index (χ0n) is 13.4. The van der Waals surface area contributed by atoms with Crippen molar-refractivity contribution in [2.45, 2.75) is 49.4 Å². The molecule has 0 amide bonds. The number of hydrogen-bond donors (Lipinski definition) is 1. The molecule has 0 radical (unpaired) electrons. The van der Waals surface area contributed by atoms with E-state index in [9.17, 15) is 0 Å². The van der Waals surface area contributed by atoms with E-state index in [-0.39, 0.29) is 0 Å². The Labute approximate surface area is 154 Å². The lowest BCUT2D eigenvalue weighted by molar-refractivity contribution is 0.497. The lowest BCUT2D eigenvalue weighted by atomic mass is 10.0. The number of thiazole rings is 1. The topological polar surface area (TPSA) is 54.5 Å². The maximum Gasteiger partial charge on any atom is 0.208 e. The van der Waals surface area contributed by atoms with Crippen molar-refractivity contribution in [1.82, 2.24) is 20.2 Å². The molecule has 1 fully saturated rings. The van der Waals surface area contributed by atoms with Crippen molar-refractivity contribution in [3.8, 4) is 10.6 Å². The Balaban J connectivity index is 1.28. The van der Waals surface area contributed by atoms with Gasteiger partial charge in [0.25, 0.3) is 0 Å². The normalized spacial score (nSPS) is 15.3. The van der Waals surface area contributed by atoms with Crippen molar-refractivity contribution < 1.29 is 0 Å². The predicted molar refractivity (Wildman–Crippen MR) is 102 cm³/mol. The summed E-state index contributed by atoms with van der Waals surface area (Å²) in [6.45, 7) is 0. The summed E-state index contributed by atoms with van der Waals surface area (Å²) in [5.74, 6) is 2.75. The van der Waals surface area contributed by atoms with Crippen LogP contribution in [0.15, 0.2) is 27.4 Å². The summed E-state index contributed by atoms with van der Waals surface area (Å²) in [6, 6.07) is 2.12. The van der Waals surface area contributed by atoms with Gasteiger partial charge in [-0.15, -0.1) is 16.4 Å².